The van der Waals surface area contributed by atoms with Gasteiger partial charge in [-0.3, -0.25) is 0 Å². The fourth-order valence-electron chi connectivity index (χ4n) is 1.62. The summed E-state index contributed by atoms with van der Waals surface area (Å²) in [4.78, 5) is 58.6. The standard InChI is InChI=1S/3C6H10O4.2Au/c3*7-5(8)3-1-2-4-6(9)10;;/h3*1-4H2,(H,7,8)(H,9,10);;/q;;;2*+3/p-6. The van der Waals surface area contributed by atoms with Crippen LogP contribution in [0.5, 0.6) is 0 Å². The van der Waals surface area contributed by atoms with Crippen LogP contribution in [0.1, 0.15) is 77.0 Å². The molecule has 0 rings (SSSR count). The van der Waals surface area contributed by atoms with E-state index in [2.05, 4.69) is 0 Å². The first-order valence-corrected chi connectivity index (χ1v) is 9.07. The van der Waals surface area contributed by atoms with Crippen molar-refractivity contribution in [3.05, 3.63) is 0 Å². The normalized spacial score (nSPS) is 8.62. The van der Waals surface area contributed by atoms with Gasteiger partial charge in [-0.25, -0.2) is 0 Å². The van der Waals surface area contributed by atoms with Crippen LogP contribution in [0.3, 0.4) is 0 Å². The molecule has 190 valence electrons. The van der Waals surface area contributed by atoms with Gasteiger partial charge in [0.15, 0.2) is 0 Å². The Kier molecular flexibility index (Phi) is 37.2. The molecule has 0 saturated carbocycles. The predicted molar refractivity (Wildman–Crippen MR) is 85.4 cm³/mol. The molecule has 0 atom stereocenters. The average Bonchev–Trinajstić information content (AvgIpc) is 2.60. The minimum absolute atomic E-state index is 0. The van der Waals surface area contributed by atoms with Crippen LogP contribution in [-0.4, -0.2) is 35.8 Å². The van der Waals surface area contributed by atoms with E-state index in [-0.39, 0.29) is 83.3 Å². The largest absolute Gasteiger partial charge is 3.00 e. The topological polar surface area (TPSA) is 241 Å². The van der Waals surface area contributed by atoms with Gasteiger partial charge in [0.25, 0.3) is 0 Å². The molecule has 0 radical (unpaired) electrons. The maximum absolute atomic E-state index is 9.77. The quantitative estimate of drug-likeness (QED) is 0.111. The molecule has 0 aliphatic heterocycles. The smallest absolute Gasteiger partial charge is 0.550 e. The molecular formula is C18H24Au2O12. The Morgan fingerprint density at radius 2 is 0.406 bits per heavy atom. The van der Waals surface area contributed by atoms with Gasteiger partial charge < -0.3 is 59.4 Å². The zero-order chi connectivity index (χ0) is 23.9. The Morgan fingerprint density at radius 3 is 0.469 bits per heavy atom. The van der Waals surface area contributed by atoms with Gasteiger partial charge in [-0.05, 0) is 77.0 Å². The number of carbonyl (C=O) groups excluding carboxylic acids is 6. The number of rotatable bonds is 15. The third-order valence-electron chi connectivity index (χ3n) is 3.04. The SMILES string of the molecule is O=C([O-])CCCCC(=O)[O-].O=C([O-])CCCCC(=O)[O-].O=C([O-])CCCCC(=O)[O-].[Au+3].[Au+3]. The molecule has 0 aromatic heterocycles. The molecule has 0 bridgehead atoms. The third kappa shape index (κ3) is 56.6. The van der Waals surface area contributed by atoms with Crippen molar-refractivity contribution in [3.8, 4) is 0 Å². The van der Waals surface area contributed by atoms with Crippen LogP contribution < -0.4 is 30.6 Å². The van der Waals surface area contributed by atoms with Gasteiger partial charge in [-0.1, -0.05) is 0 Å². The summed E-state index contributed by atoms with van der Waals surface area (Å²) in [7, 11) is 0. The summed E-state index contributed by atoms with van der Waals surface area (Å²) in [6, 6.07) is 0. The molecule has 0 aliphatic rings. The third-order valence-corrected chi connectivity index (χ3v) is 3.04. The van der Waals surface area contributed by atoms with Gasteiger partial charge in [-0.15, -0.1) is 0 Å². The molecule has 0 N–H and O–H groups in total. The van der Waals surface area contributed by atoms with Gasteiger partial charge in [0.1, 0.15) is 0 Å². The Bertz CT molecular complexity index is 428. The van der Waals surface area contributed by atoms with E-state index < -0.39 is 35.8 Å². The van der Waals surface area contributed by atoms with Crippen molar-refractivity contribution in [3.63, 3.8) is 0 Å². The molecule has 0 fully saturated rings. The Hall–Kier alpha value is -1.70. The van der Waals surface area contributed by atoms with E-state index in [1.54, 1.807) is 0 Å². The van der Waals surface area contributed by atoms with Gasteiger partial charge in [-0.2, -0.15) is 0 Å². The van der Waals surface area contributed by atoms with Crippen LogP contribution in [0.25, 0.3) is 0 Å². The summed E-state index contributed by atoms with van der Waals surface area (Å²) < 4.78 is 0. The minimum atomic E-state index is -1.14. The van der Waals surface area contributed by atoms with Crippen LogP contribution in [0.15, 0.2) is 0 Å². The molecule has 32 heavy (non-hydrogen) atoms. The van der Waals surface area contributed by atoms with E-state index in [4.69, 9.17) is 0 Å². The zero-order valence-electron chi connectivity index (χ0n) is 17.0. The molecule has 0 unspecified atom stereocenters. The van der Waals surface area contributed by atoms with Crippen molar-refractivity contribution in [2.75, 3.05) is 0 Å². The van der Waals surface area contributed by atoms with Gasteiger partial charge in [0.2, 0.25) is 0 Å². The van der Waals surface area contributed by atoms with Gasteiger partial charge in [0.05, 0.1) is 0 Å². The second-order valence-electron chi connectivity index (χ2n) is 5.85. The number of hydrogen-bond acceptors (Lipinski definition) is 12. The molecule has 0 spiro atoms. The monoisotopic (exact) mass is 826 g/mol. The van der Waals surface area contributed by atoms with Crippen molar-refractivity contribution >= 4 is 35.8 Å². The summed E-state index contributed by atoms with van der Waals surface area (Å²) in [6.45, 7) is 0. The van der Waals surface area contributed by atoms with Crippen molar-refractivity contribution in [2.45, 2.75) is 77.0 Å². The van der Waals surface area contributed by atoms with Gasteiger partial charge >= 0.3 is 44.8 Å². The molecule has 0 saturated heterocycles. The van der Waals surface area contributed by atoms with E-state index in [1.165, 1.54) is 0 Å². The maximum Gasteiger partial charge on any atom is 3.00 e. The Balaban J connectivity index is -0.000000110. The van der Waals surface area contributed by atoms with Crippen LogP contribution in [0.4, 0.5) is 0 Å². The van der Waals surface area contributed by atoms with Crippen molar-refractivity contribution in [1.29, 1.82) is 0 Å². The van der Waals surface area contributed by atoms with Crippen molar-refractivity contribution in [2.24, 2.45) is 0 Å². The zero-order valence-corrected chi connectivity index (χ0v) is 21.3. The van der Waals surface area contributed by atoms with Crippen molar-refractivity contribution < 1.29 is 104 Å². The number of aliphatic carboxylic acids is 6. The van der Waals surface area contributed by atoms with Crippen LogP contribution in [0.2, 0.25) is 0 Å². The number of carboxylic acids is 6. The first kappa shape index (κ1) is 40.6. The van der Waals surface area contributed by atoms with E-state index in [0.717, 1.165) is 0 Å². The summed E-state index contributed by atoms with van der Waals surface area (Å²) in [6.07, 6.45) is 1.60. The van der Waals surface area contributed by atoms with Crippen LogP contribution in [-0.2, 0) is 73.5 Å². The Labute approximate surface area is 216 Å². The molecule has 0 aromatic rings. The van der Waals surface area contributed by atoms with Gasteiger partial charge in [0, 0.05) is 35.8 Å². The Morgan fingerprint density at radius 1 is 0.312 bits per heavy atom. The number of unbranched alkanes of at least 4 members (excludes halogenated alkanes) is 3. The molecule has 0 aromatic carbocycles. The molecule has 14 heteroatoms. The molecule has 12 nitrogen and oxygen atoms in total. The first-order chi connectivity index (χ1) is 13.9. The molecule has 0 aliphatic carbocycles. The molecule has 0 amide bonds. The molecule has 0 heterocycles. The summed E-state index contributed by atoms with van der Waals surface area (Å²) in [5.41, 5.74) is 0. The number of carboxylic acid groups (broad SMARTS) is 6. The summed E-state index contributed by atoms with van der Waals surface area (Å²) >= 11 is 0. The van der Waals surface area contributed by atoms with Crippen LogP contribution in [0, 0.1) is 0 Å². The predicted octanol–water partition coefficient (Wildman–Crippen LogP) is -5.87. The average molecular weight is 826 g/mol. The second kappa shape index (κ2) is 29.3. The molecular weight excluding hydrogens is 802 g/mol. The number of carbonyl (C=O) groups is 6. The van der Waals surface area contributed by atoms with E-state index >= 15 is 0 Å². The second-order valence-corrected chi connectivity index (χ2v) is 5.85. The van der Waals surface area contributed by atoms with Crippen LogP contribution >= 0.6 is 0 Å². The van der Waals surface area contributed by atoms with Crippen molar-refractivity contribution in [1.82, 2.24) is 0 Å². The van der Waals surface area contributed by atoms with E-state index in [9.17, 15) is 59.4 Å². The first-order valence-electron chi connectivity index (χ1n) is 9.07. The van der Waals surface area contributed by atoms with E-state index in [1.807, 2.05) is 0 Å². The number of hydrogen-bond donors (Lipinski definition) is 0. The minimum Gasteiger partial charge on any atom is -0.550 e. The summed E-state index contributed by atoms with van der Waals surface area (Å²) in [5.74, 6) is -6.84. The summed E-state index contributed by atoms with van der Waals surface area (Å²) in [5, 5.41) is 58.6. The fourth-order valence-corrected chi connectivity index (χ4v) is 1.62. The fraction of sp³-hybridized carbons (Fsp3) is 0.667. The maximum atomic E-state index is 9.77. The van der Waals surface area contributed by atoms with E-state index in [0.29, 0.717) is 38.5 Å².